The maximum Gasteiger partial charge on any atom is 0.240 e. The number of rotatable bonds is 6. The minimum Gasteiger partial charge on any atom is -0.493 e. The van der Waals surface area contributed by atoms with E-state index in [0.717, 1.165) is 0 Å². The van der Waals surface area contributed by atoms with Gasteiger partial charge in [0.25, 0.3) is 0 Å². The summed E-state index contributed by atoms with van der Waals surface area (Å²) in [6.45, 7) is 4.02. The molecule has 7 nitrogen and oxygen atoms in total. The topological polar surface area (TPSA) is 92.6 Å². The maximum absolute atomic E-state index is 5.85. The third kappa shape index (κ3) is 3.08. The molecule has 1 aromatic carbocycles. The molecule has 0 spiro atoms. The van der Waals surface area contributed by atoms with Crippen LogP contribution in [0.4, 0.5) is 0 Å². The van der Waals surface area contributed by atoms with Crippen LogP contribution in [-0.4, -0.2) is 30.5 Å². The lowest BCUT2D eigenvalue weighted by Gasteiger charge is -2.18. The van der Waals surface area contributed by atoms with Gasteiger partial charge in [-0.2, -0.15) is 4.98 Å². The molecule has 21 heavy (non-hydrogen) atoms. The summed E-state index contributed by atoms with van der Waals surface area (Å²) in [5.74, 6) is 2.32. The molecule has 2 aromatic rings. The molecule has 0 aliphatic rings. The van der Waals surface area contributed by atoms with Crippen molar-refractivity contribution in [1.29, 1.82) is 0 Å². The van der Waals surface area contributed by atoms with Crippen LogP contribution in [-0.2, 0) is 6.54 Å². The summed E-state index contributed by atoms with van der Waals surface area (Å²) in [5.41, 5.74) is 6.15. The van der Waals surface area contributed by atoms with Crippen LogP contribution in [0.5, 0.6) is 17.2 Å². The van der Waals surface area contributed by atoms with Crippen molar-refractivity contribution >= 4 is 0 Å². The van der Waals surface area contributed by atoms with Crippen molar-refractivity contribution in [2.75, 3.05) is 14.2 Å². The molecule has 0 unspecified atom stereocenters. The van der Waals surface area contributed by atoms with Crippen molar-refractivity contribution in [2.45, 2.75) is 26.5 Å². The third-order valence-electron chi connectivity index (χ3n) is 2.74. The van der Waals surface area contributed by atoms with Gasteiger partial charge in [-0.05, 0) is 26.0 Å². The summed E-state index contributed by atoms with van der Waals surface area (Å²) < 4.78 is 21.6. The highest BCUT2D eigenvalue weighted by molar-refractivity contribution is 5.72. The van der Waals surface area contributed by atoms with Gasteiger partial charge in [0.2, 0.25) is 17.5 Å². The molecule has 0 fully saturated rings. The predicted molar refractivity (Wildman–Crippen MR) is 76.5 cm³/mol. The summed E-state index contributed by atoms with van der Waals surface area (Å²) >= 11 is 0. The molecule has 0 atom stereocenters. The van der Waals surface area contributed by atoms with Gasteiger partial charge in [0, 0.05) is 0 Å². The Balaban J connectivity index is 2.58. The molecule has 0 amide bonds. The van der Waals surface area contributed by atoms with Crippen molar-refractivity contribution < 1.29 is 18.7 Å². The summed E-state index contributed by atoms with van der Waals surface area (Å²) in [7, 11) is 3.12. The summed E-state index contributed by atoms with van der Waals surface area (Å²) in [5, 5.41) is 3.91. The Morgan fingerprint density at radius 1 is 1.19 bits per heavy atom. The van der Waals surface area contributed by atoms with Crippen LogP contribution >= 0.6 is 0 Å². The van der Waals surface area contributed by atoms with E-state index in [0.29, 0.717) is 34.5 Å². The van der Waals surface area contributed by atoms with Gasteiger partial charge >= 0.3 is 0 Å². The number of hydrogen-bond donors (Lipinski definition) is 1. The second-order valence-electron chi connectivity index (χ2n) is 4.56. The molecule has 0 saturated heterocycles. The van der Waals surface area contributed by atoms with Crippen LogP contribution in [0.25, 0.3) is 11.4 Å². The molecule has 2 rings (SSSR count). The first kappa shape index (κ1) is 15.1. The second-order valence-corrected chi connectivity index (χ2v) is 4.56. The first-order valence-electron chi connectivity index (χ1n) is 6.55. The zero-order valence-corrected chi connectivity index (χ0v) is 12.5. The van der Waals surface area contributed by atoms with Crippen molar-refractivity contribution in [3.8, 4) is 28.6 Å². The molecule has 0 bridgehead atoms. The fourth-order valence-corrected chi connectivity index (χ4v) is 1.87. The van der Waals surface area contributed by atoms with Crippen LogP contribution in [0, 0.1) is 0 Å². The fourth-order valence-electron chi connectivity index (χ4n) is 1.87. The number of methoxy groups -OCH3 is 2. The SMILES string of the molecule is COc1ccc(-c2noc(CN)n2)c(OC(C)C)c1OC. The highest BCUT2D eigenvalue weighted by Gasteiger charge is 2.21. The predicted octanol–water partition coefficient (Wildman–Crippen LogP) is 2.00. The molecule has 1 aromatic heterocycles. The molecule has 7 heteroatoms. The molecular formula is C14H19N3O4. The van der Waals surface area contributed by atoms with Gasteiger partial charge in [-0.25, -0.2) is 0 Å². The first-order valence-corrected chi connectivity index (χ1v) is 6.55. The largest absolute Gasteiger partial charge is 0.493 e. The van der Waals surface area contributed by atoms with E-state index in [2.05, 4.69) is 10.1 Å². The first-order chi connectivity index (χ1) is 10.1. The highest BCUT2D eigenvalue weighted by atomic mass is 16.5. The molecule has 0 saturated carbocycles. The van der Waals surface area contributed by atoms with E-state index in [4.69, 9.17) is 24.5 Å². The van der Waals surface area contributed by atoms with Crippen LogP contribution in [0.15, 0.2) is 16.7 Å². The van der Waals surface area contributed by atoms with E-state index < -0.39 is 0 Å². The number of nitrogens with two attached hydrogens (primary N) is 1. The lowest BCUT2D eigenvalue weighted by Crippen LogP contribution is -2.08. The van der Waals surface area contributed by atoms with Gasteiger partial charge in [-0.3, -0.25) is 0 Å². The normalized spacial score (nSPS) is 10.8. The second kappa shape index (κ2) is 6.45. The van der Waals surface area contributed by atoms with E-state index in [9.17, 15) is 0 Å². The molecule has 0 aliphatic carbocycles. The Morgan fingerprint density at radius 3 is 2.48 bits per heavy atom. The Labute approximate surface area is 123 Å². The smallest absolute Gasteiger partial charge is 0.240 e. The monoisotopic (exact) mass is 293 g/mol. The van der Waals surface area contributed by atoms with Crippen LogP contribution in [0.2, 0.25) is 0 Å². The zero-order valence-electron chi connectivity index (χ0n) is 12.5. The highest BCUT2D eigenvalue weighted by Crippen LogP contribution is 2.44. The number of hydrogen-bond acceptors (Lipinski definition) is 7. The van der Waals surface area contributed by atoms with Gasteiger partial charge in [-0.1, -0.05) is 5.16 Å². The van der Waals surface area contributed by atoms with Gasteiger partial charge in [0.05, 0.1) is 32.4 Å². The van der Waals surface area contributed by atoms with E-state index >= 15 is 0 Å². The molecule has 2 N–H and O–H groups in total. The van der Waals surface area contributed by atoms with E-state index in [1.165, 1.54) is 0 Å². The average molecular weight is 293 g/mol. The number of aromatic nitrogens is 2. The van der Waals surface area contributed by atoms with Crippen molar-refractivity contribution in [2.24, 2.45) is 5.73 Å². The summed E-state index contributed by atoms with van der Waals surface area (Å²) in [4.78, 5) is 4.22. The standard InChI is InChI=1S/C14H19N3O4/c1-8(2)20-12-9(14-16-11(7-15)21-17-14)5-6-10(18-3)13(12)19-4/h5-6,8H,7,15H2,1-4H3. The van der Waals surface area contributed by atoms with Crippen LogP contribution in [0.1, 0.15) is 19.7 Å². The van der Waals surface area contributed by atoms with Crippen molar-refractivity contribution in [3.05, 3.63) is 18.0 Å². The Kier molecular flexibility index (Phi) is 4.64. The van der Waals surface area contributed by atoms with Crippen molar-refractivity contribution in [3.63, 3.8) is 0 Å². The molecular weight excluding hydrogens is 274 g/mol. The van der Waals surface area contributed by atoms with E-state index in [1.54, 1.807) is 26.4 Å². The Hall–Kier alpha value is -2.28. The summed E-state index contributed by atoms with van der Waals surface area (Å²) in [6, 6.07) is 3.56. The third-order valence-corrected chi connectivity index (χ3v) is 2.74. The van der Waals surface area contributed by atoms with Crippen LogP contribution in [0.3, 0.4) is 0 Å². The van der Waals surface area contributed by atoms with Gasteiger partial charge < -0.3 is 24.5 Å². The fraction of sp³-hybridized carbons (Fsp3) is 0.429. The quantitative estimate of drug-likeness (QED) is 0.870. The number of ether oxygens (including phenoxy) is 3. The minimum absolute atomic E-state index is 0.0503. The lowest BCUT2D eigenvalue weighted by atomic mass is 10.1. The van der Waals surface area contributed by atoms with Crippen LogP contribution < -0.4 is 19.9 Å². The Bertz CT molecular complexity index is 610. The lowest BCUT2D eigenvalue weighted by molar-refractivity contribution is 0.227. The molecule has 114 valence electrons. The zero-order chi connectivity index (χ0) is 15.4. The van der Waals surface area contributed by atoms with Gasteiger partial charge in [-0.15, -0.1) is 0 Å². The van der Waals surface area contributed by atoms with E-state index in [1.807, 2.05) is 13.8 Å². The number of benzene rings is 1. The Morgan fingerprint density at radius 2 is 1.95 bits per heavy atom. The van der Waals surface area contributed by atoms with E-state index in [-0.39, 0.29) is 12.6 Å². The average Bonchev–Trinajstić information content (AvgIpc) is 2.94. The van der Waals surface area contributed by atoms with Crippen molar-refractivity contribution in [1.82, 2.24) is 10.1 Å². The minimum atomic E-state index is -0.0503. The number of nitrogens with zero attached hydrogens (tertiary/aromatic N) is 2. The maximum atomic E-state index is 5.85. The van der Waals surface area contributed by atoms with Gasteiger partial charge in [0.1, 0.15) is 0 Å². The van der Waals surface area contributed by atoms with Gasteiger partial charge in [0.15, 0.2) is 11.5 Å². The molecule has 0 radical (unpaired) electrons. The summed E-state index contributed by atoms with van der Waals surface area (Å²) in [6.07, 6.45) is -0.0503. The molecule has 1 heterocycles. The molecule has 0 aliphatic heterocycles.